The Bertz CT molecular complexity index is 571. The molecule has 4 aliphatic rings. The highest BCUT2D eigenvalue weighted by Gasteiger charge is 2.61. The predicted molar refractivity (Wildman–Crippen MR) is 110 cm³/mol. The summed E-state index contributed by atoms with van der Waals surface area (Å²) >= 11 is 0. The molecule has 7 unspecified atom stereocenters. The van der Waals surface area contributed by atoms with Gasteiger partial charge in [0.25, 0.3) is 0 Å². The van der Waals surface area contributed by atoms with Gasteiger partial charge >= 0.3 is 5.97 Å². The van der Waals surface area contributed by atoms with Gasteiger partial charge in [-0.2, -0.15) is 0 Å². The number of hydrogen-bond donors (Lipinski definition) is 1. The number of carboxylic acids is 1. The van der Waals surface area contributed by atoms with Crippen LogP contribution in [-0.2, 0) is 4.79 Å². The molecule has 2 heteroatoms. The molecule has 9 atom stereocenters. The van der Waals surface area contributed by atoms with E-state index in [0.29, 0.717) is 23.2 Å². The minimum atomic E-state index is -0.623. The van der Waals surface area contributed by atoms with E-state index in [9.17, 15) is 4.79 Å². The average molecular weight is 375 g/mol. The van der Waals surface area contributed by atoms with Crippen LogP contribution in [-0.4, -0.2) is 11.1 Å². The predicted octanol–water partition coefficient (Wildman–Crippen LogP) is 6.78. The third-order valence-electron chi connectivity index (χ3n) is 10.5. The van der Waals surface area contributed by atoms with Crippen LogP contribution in [0, 0.1) is 52.3 Å². The second-order valence-corrected chi connectivity index (χ2v) is 11.6. The van der Waals surface area contributed by atoms with Crippen LogP contribution in [0.5, 0.6) is 0 Å². The lowest BCUT2D eigenvalue weighted by Crippen LogP contribution is -2.55. The van der Waals surface area contributed by atoms with Crippen molar-refractivity contribution in [2.24, 2.45) is 52.3 Å². The monoisotopic (exact) mass is 374 g/mol. The van der Waals surface area contributed by atoms with Gasteiger partial charge in [-0.25, -0.2) is 0 Å². The van der Waals surface area contributed by atoms with Gasteiger partial charge in [-0.05, 0) is 104 Å². The zero-order valence-corrected chi connectivity index (χ0v) is 18.2. The summed E-state index contributed by atoms with van der Waals surface area (Å²) in [4.78, 5) is 11.1. The molecule has 154 valence electrons. The van der Waals surface area contributed by atoms with E-state index in [-0.39, 0.29) is 0 Å². The Morgan fingerprint density at radius 2 is 1.74 bits per heavy atom. The Labute approximate surface area is 166 Å². The molecular weight excluding hydrogens is 332 g/mol. The number of aliphatic carboxylic acids is 1. The number of fused-ring (bicyclic) bond motifs is 5. The van der Waals surface area contributed by atoms with Gasteiger partial charge in [0.15, 0.2) is 0 Å². The quantitative estimate of drug-likeness (QED) is 0.588. The highest BCUT2D eigenvalue weighted by molar-refractivity contribution is 5.66. The molecule has 0 radical (unpaired) electrons. The first-order valence-corrected chi connectivity index (χ1v) is 12.0. The van der Waals surface area contributed by atoms with Gasteiger partial charge in [0.2, 0.25) is 0 Å². The van der Waals surface area contributed by atoms with E-state index in [0.717, 1.165) is 41.9 Å². The van der Waals surface area contributed by atoms with Crippen molar-refractivity contribution in [3.8, 4) is 0 Å². The molecule has 0 aliphatic heterocycles. The van der Waals surface area contributed by atoms with Crippen molar-refractivity contribution in [3.63, 3.8) is 0 Å². The summed E-state index contributed by atoms with van der Waals surface area (Å²) < 4.78 is 0. The zero-order valence-electron chi connectivity index (χ0n) is 18.2. The Hall–Kier alpha value is -0.530. The summed E-state index contributed by atoms with van der Waals surface area (Å²) in [6, 6.07) is 0. The van der Waals surface area contributed by atoms with Crippen LogP contribution in [0.1, 0.15) is 98.3 Å². The van der Waals surface area contributed by atoms with E-state index in [4.69, 9.17) is 5.11 Å². The van der Waals surface area contributed by atoms with Crippen molar-refractivity contribution < 1.29 is 9.90 Å². The fraction of sp³-hybridized carbons (Fsp3) is 0.960. The van der Waals surface area contributed by atoms with Crippen LogP contribution in [0.2, 0.25) is 0 Å². The highest BCUT2D eigenvalue weighted by Crippen LogP contribution is 2.69. The van der Waals surface area contributed by atoms with Gasteiger partial charge in [-0.3, -0.25) is 4.79 Å². The van der Waals surface area contributed by atoms with Gasteiger partial charge in [0, 0.05) is 6.42 Å². The first-order chi connectivity index (χ1) is 12.8. The molecule has 0 spiro atoms. The molecule has 4 rings (SSSR count). The lowest BCUT2D eigenvalue weighted by Gasteiger charge is -2.62. The van der Waals surface area contributed by atoms with E-state index >= 15 is 0 Å². The molecule has 1 N–H and O–H groups in total. The van der Waals surface area contributed by atoms with E-state index in [1.54, 1.807) is 0 Å². The Morgan fingerprint density at radius 1 is 1.00 bits per heavy atom. The van der Waals surface area contributed by atoms with Gasteiger partial charge in [-0.1, -0.05) is 40.5 Å². The van der Waals surface area contributed by atoms with Gasteiger partial charge in [0.1, 0.15) is 0 Å². The number of hydrogen-bond acceptors (Lipinski definition) is 1. The normalized spacial score (nSPS) is 50.4. The molecule has 27 heavy (non-hydrogen) atoms. The van der Waals surface area contributed by atoms with Crippen molar-refractivity contribution in [1.29, 1.82) is 0 Å². The first-order valence-electron chi connectivity index (χ1n) is 12.0. The fourth-order valence-corrected chi connectivity index (χ4v) is 9.34. The molecule has 0 aromatic carbocycles. The van der Waals surface area contributed by atoms with Crippen molar-refractivity contribution >= 4 is 5.97 Å². The van der Waals surface area contributed by atoms with Crippen molar-refractivity contribution in [1.82, 2.24) is 0 Å². The number of carboxylic acid groups (broad SMARTS) is 1. The van der Waals surface area contributed by atoms with E-state index in [1.807, 2.05) is 0 Å². The SMILES string of the molecule is CC(CCC(=O)O)C1CCC2C3C[C@H](C)C4CCCCC4(C)[C@H]3CCC12C. The van der Waals surface area contributed by atoms with Gasteiger partial charge in [-0.15, -0.1) is 0 Å². The molecule has 0 bridgehead atoms. The van der Waals surface area contributed by atoms with E-state index in [2.05, 4.69) is 27.7 Å². The van der Waals surface area contributed by atoms with Crippen LogP contribution in [0.3, 0.4) is 0 Å². The van der Waals surface area contributed by atoms with Crippen molar-refractivity contribution in [3.05, 3.63) is 0 Å². The minimum Gasteiger partial charge on any atom is -0.481 e. The summed E-state index contributed by atoms with van der Waals surface area (Å²) in [5.74, 6) is 5.37. The number of rotatable bonds is 4. The summed E-state index contributed by atoms with van der Waals surface area (Å²) in [5, 5.41) is 9.12. The second kappa shape index (κ2) is 7.06. The minimum absolute atomic E-state index is 0.348. The van der Waals surface area contributed by atoms with Gasteiger partial charge in [0.05, 0.1) is 0 Å². The molecule has 0 aromatic heterocycles. The maximum Gasteiger partial charge on any atom is 0.303 e. The fourth-order valence-electron chi connectivity index (χ4n) is 9.34. The van der Waals surface area contributed by atoms with Crippen molar-refractivity contribution in [2.45, 2.75) is 98.3 Å². The van der Waals surface area contributed by atoms with E-state index in [1.165, 1.54) is 57.8 Å². The molecule has 4 saturated carbocycles. The largest absolute Gasteiger partial charge is 0.481 e. The third kappa shape index (κ3) is 3.08. The van der Waals surface area contributed by atoms with Crippen LogP contribution in [0.4, 0.5) is 0 Å². The summed E-state index contributed by atoms with van der Waals surface area (Å²) in [6.45, 7) is 10.2. The Balaban J connectivity index is 1.55. The maximum absolute atomic E-state index is 11.1. The van der Waals surface area contributed by atoms with Crippen LogP contribution >= 0.6 is 0 Å². The van der Waals surface area contributed by atoms with Gasteiger partial charge < -0.3 is 5.11 Å². The maximum atomic E-state index is 11.1. The molecular formula is C25H42O2. The molecule has 4 aliphatic carbocycles. The molecule has 4 fully saturated rings. The average Bonchev–Trinajstić information content (AvgIpc) is 2.97. The lowest BCUT2D eigenvalue weighted by molar-refractivity contribution is -0.139. The number of carbonyl (C=O) groups is 1. The smallest absolute Gasteiger partial charge is 0.303 e. The van der Waals surface area contributed by atoms with Crippen LogP contribution in [0.15, 0.2) is 0 Å². The molecule has 0 saturated heterocycles. The molecule has 2 nitrogen and oxygen atoms in total. The zero-order chi connectivity index (χ0) is 19.4. The third-order valence-corrected chi connectivity index (χ3v) is 10.5. The van der Waals surface area contributed by atoms with Crippen LogP contribution in [0.25, 0.3) is 0 Å². The molecule has 0 heterocycles. The Morgan fingerprint density at radius 3 is 2.48 bits per heavy atom. The lowest BCUT2D eigenvalue weighted by atomic mass is 9.43. The molecule has 0 aromatic rings. The topological polar surface area (TPSA) is 37.3 Å². The van der Waals surface area contributed by atoms with E-state index < -0.39 is 5.97 Å². The van der Waals surface area contributed by atoms with Crippen LogP contribution < -0.4 is 0 Å². The Kier molecular flexibility index (Phi) is 5.17. The summed E-state index contributed by atoms with van der Waals surface area (Å²) in [7, 11) is 0. The summed E-state index contributed by atoms with van der Waals surface area (Å²) in [6.07, 6.45) is 14.2. The standard InChI is InChI=1S/C25H42O2/c1-16(8-11-23(26)27)20-9-10-21-18-15-17(2)19-7-5-6-13-24(19,3)22(18)12-14-25(20,21)4/h16-22H,5-15H2,1-4H3,(H,26,27)/t16?,17-,18?,19?,20?,21?,22-,24?,25?/m0/s1. The second-order valence-electron chi connectivity index (χ2n) is 11.6. The summed E-state index contributed by atoms with van der Waals surface area (Å²) in [5.41, 5.74) is 1.07. The van der Waals surface area contributed by atoms with Crippen molar-refractivity contribution in [2.75, 3.05) is 0 Å². The molecule has 0 amide bonds. The highest BCUT2D eigenvalue weighted by atomic mass is 16.4. The first kappa shape index (κ1) is 19.8.